The Kier molecular flexibility index (Phi) is 5.80. The molecule has 0 N–H and O–H groups in total. The predicted molar refractivity (Wildman–Crippen MR) is 225 cm³/mol. The minimum Gasteiger partial charge on any atom is -0.292 e. The second-order valence-corrected chi connectivity index (χ2v) is 14.3. The molecule has 0 atom stereocenters. The number of benzene rings is 11. The van der Waals surface area contributed by atoms with Crippen LogP contribution in [0, 0.1) is 0 Å². The van der Waals surface area contributed by atoms with Crippen LogP contribution in [0.4, 0.5) is 0 Å². The minimum atomic E-state index is 0.934. The number of imidazole rings is 1. The van der Waals surface area contributed by atoms with Crippen LogP contribution in [0.25, 0.3) is 115 Å². The highest BCUT2D eigenvalue weighted by molar-refractivity contribution is 6.26. The van der Waals surface area contributed by atoms with Gasteiger partial charge in [0.25, 0.3) is 0 Å². The molecule has 12 rings (SSSR count). The highest BCUT2D eigenvalue weighted by atomic mass is 15.1. The molecule has 12 aromatic rings. The van der Waals surface area contributed by atoms with Gasteiger partial charge in [0, 0.05) is 11.3 Å². The maximum Gasteiger partial charge on any atom is 0.145 e. The lowest BCUT2D eigenvalue weighted by Gasteiger charge is -2.15. The summed E-state index contributed by atoms with van der Waals surface area (Å²) >= 11 is 0. The molecule has 0 bridgehead atoms. The molecule has 0 aliphatic carbocycles. The number of aromatic nitrogens is 2. The van der Waals surface area contributed by atoms with Gasteiger partial charge in [0.1, 0.15) is 5.82 Å². The Morgan fingerprint density at radius 1 is 0.340 bits per heavy atom. The zero-order valence-electron chi connectivity index (χ0n) is 28.7. The van der Waals surface area contributed by atoms with E-state index in [4.69, 9.17) is 4.98 Å². The van der Waals surface area contributed by atoms with E-state index >= 15 is 0 Å². The largest absolute Gasteiger partial charge is 0.292 e. The first-order valence-corrected chi connectivity index (χ1v) is 18.3. The quantitative estimate of drug-likeness (QED) is 0.170. The second kappa shape index (κ2) is 10.7. The van der Waals surface area contributed by atoms with Crippen LogP contribution in [-0.4, -0.2) is 9.55 Å². The highest BCUT2D eigenvalue weighted by Gasteiger charge is 2.18. The summed E-state index contributed by atoms with van der Waals surface area (Å²) in [5.41, 5.74) is 9.08. The van der Waals surface area contributed by atoms with Gasteiger partial charge in [-0.15, -0.1) is 0 Å². The summed E-state index contributed by atoms with van der Waals surface area (Å²) in [6.07, 6.45) is 0. The van der Waals surface area contributed by atoms with Gasteiger partial charge >= 0.3 is 0 Å². The molecule has 0 saturated carbocycles. The average molecular weight is 671 g/mol. The van der Waals surface area contributed by atoms with Crippen molar-refractivity contribution in [2.24, 2.45) is 0 Å². The van der Waals surface area contributed by atoms with E-state index < -0.39 is 0 Å². The predicted octanol–water partition coefficient (Wildman–Crippen LogP) is 13.8. The van der Waals surface area contributed by atoms with Crippen molar-refractivity contribution in [2.75, 3.05) is 0 Å². The zero-order valence-corrected chi connectivity index (χ0v) is 28.7. The summed E-state index contributed by atoms with van der Waals surface area (Å²) in [6.45, 7) is 0. The second-order valence-electron chi connectivity index (χ2n) is 14.3. The number of hydrogen-bond acceptors (Lipinski definition) is 1. The molecule has 1 aromatic heterocycles. The van der Waals surface area contributed by atoms with Crippen LogP contribution in [0.5, 0.6) is 0 Å². The Morgan fingerprint density at radius 3 is 1.42 bits per heavy atom. The molecule has 53 heavy (non-hydrogen) atoms. The van der Waals surface area contributed by atoms with Gasteiger partial charge < -0.3 is 0 Å². The smallest absolute Gasteiger partial charge is 0.145 e. The molecule has 2 nitrogen and oxygen atoms in total. The van der Waals surface area contributed by atoms with E-state index in [1.807, 2.05) is 0 Å². The van der Waals surface area contributed by atoms with Crippen molar-refractivity contribution in [2.45, 2.75) is 0 Å². The molecule has 0 unspecified atom stereocenters. The molecule has 1 heterocycles. The Morgan fingerprint density at radius 2 is 0.830 bits per heavy atom. The minimum absolute atomic E-state index is 0.934. The molecule has 0 radical (unpaired) electrons. The lowest BCUT2D eigenvalue weighted by Crippen LogP contribution is -1.97. The van der Waals surface area contributed by atoms with E-state index in [-0.39, 0.29) is 0 Å². The van der Waals surface area contributed by atoms with Crippen LogP contribution in [-0.2, 0) is 0 Å². The fourth-order valence-corrected chi connectivity index (χ4v) is 9.05. The Balaban J connectivity index is 1.02. The third kappa shape index (κ3) is 4.12. The standard InChI is InChI=1S/C51H30N2/c1-2-6-38(7-3-1)51-52-45-30-39(42-26-19-37-15-13-33-9-5-11-35-21-28-44(42)50(37)48(33)35)22-29-46(45)53(51)40-23-16-31(17-24-40)41-25-18-36-14-12-32-8-4-10-34-20-27-43(41)49(36)47(32)34/h1-30H. The van der Waals surface area contributed by atoms with Gasteiger partial charge in [-0.1, -0.05) is 158 Å². The van der Waals surface area contributed by atoms with Crippen LogP contribution in [0.2, 0.25) is 0 Å². The molecule has 0 fully saturated rings. The first kappa shape index (κ1) is 28.6. The summed E-state index contributed by atoms with van der Waals surface area (Å²) in [5, 5.41) is 15.6. The number of nitrogens with zero attached hydrogens (tertiary/aromatic N) is 2. The summed E-state index contributed by atoms with van der Waals surface area (Å²) in [5.74, 6) is 0.934. The van der Waals surface area contributed by atoms with Crippen LogP contribution < -0.4 is 0 Å². The van der Waals surface area contributed by atoms with Gasteiger partial charge in [0.15, 0.2) is 0 Å². The van der Waals surface area contributed by atoms with E-state index in [0.717, 1.165) is 28.1 Å². The monoisotopic (exact) mass is 670 g/mol. The summed E-state index contributed by atoms with van der Waals surface area (Å²) in [7, 11) is 0. The number of fused-ring (bicyclic) bond motifs is 1. The third-order valence-electron chi connectivity index (χ3n) is 11.5. The number of hydrogen-bond donors (Lipinski definition) is 0. The molecule has 0 spiro atoms. The molecular formula is C51H30N2. The Bertz CT molecular complexity index is 3340. The van der Waals surface area contributed by atoms with Gasteiger partial charge in [-0.25, -0.2) is 4.98 Å². The molecule has 2 heteroatoms. The normalized spacial score (nSPS) is 12.2. The van der Waals surface area contributed by atoms with Gasteiger partial charge in [0.2, 0.25) is 0 Å². The molecule has 11 aromatic carbocycles. The zero-order chi connectivity index (χ0) is 34.6. The SMILES string of the molecule is c1ccc(-c2nc3cc(-c4ccc5ccc6cccc7ccc4c5c67)ccc3n2-c2ccc(-c3ccc4ccc5cccc6ccc3c4c56)cc2)cc1. The number of rotatable bonds is 4. The molecule has 0 aliphatic rings. The van der Waals surface area contributed by atoms with Crippen molar-refractivity contribution >= 4 is 75.7 Å². The Hall–Kier alpha value is -7.03. The lowest BCUT2D eigenvalue weighted by atomic mass is 9.90. The van der Waals surface area contributed by atoms with Gasteiger partial charge in [0.05, 0.1) is 11.0 Å². The fourth-order valence-electron chi connectivity index (χ4n) is 9.05. The molecule has 0 saturated heterocycles. The summed E-state index contributed by atoms with van der Waals surface area (Å²) < 4.78 is 2.31. The first-order valence-electron chi connectivity index (χ1n) is 18.3. The molecule has 244 valence electrons. The molecule has 0 aliphatic heterocycles. The fraction of sp³-hybridized carbons (Fsp3) is 0. The Labute approximate surface area is 305 Å². The van der Waals surface area contributed by atoms with E-state index in [2.05, 4.69) is 187 Å². The van der Waals surface area contributed by atoms with Crippen molar-refractivity contribution in [3.05, 3.63) is 182 Å². The van der Waals surface area contributed by atoms with Crippen molar-refractivity contribution in [3.63, 3.8) is 0 Å². The summed E-state index contributed by atoms with van der Waals surface area (Å²) in [6, 6.07) is 66.7. The lowest BCUT2D eigenvalue weighted by molar-refractivity contribution is 1.10. The molecular weight excluding hydrogens is 641 g/mol. The van der Waals surface area contributed by atoms with Gasteiger partial charge in [-0.3, -0.25) is 4.57 Å². The molecule has 0 amide bonds. The first-order chi connectivity index (χ1) is 26.3. The van der Waals surface area contributed by atoms with E-state index in [1.165, 1.54) is 86.9 Å². The van der Waals surface area contributed by atoms with Crippen LogP contribution >= 0.6 is 0 Å². The maximum absolute atomic E-state index is 5.34. The van der Waals surface area contributed by atoms with Crippen molar-refractivity contribution in [3.8, 4) is 39.3 Å². The van der Waals surface area contributed by atoms with Gasteiger partial charge in [-0.05, 0) is 111 Å². The average Bonchev–Trinajstić information content (AvgIpc) is 3.61. The van der Waals surface area contributed by atoms with Crippen LogP contribution in [0.1, 0.15) is 0 Å². The van der Waals surface area contributed by atoms with Gasteiger partial charge in [-0.2, -0.15) is 0 Å². The van der Waals surface area contributed by atoms with Crippen LogP contribution in [0.3, 0.4) is 0 Å². The topological polar surface area (TPSA) is 17.8 Å². The van der Waals surface area contributed by atoms with E-state index in [0.29, 0.717) is 0 Å². The van der Waals surface area contributed by atoms with Crippen molar-refractivity contribution in [1.29, 1.82) is 0 Å². The highest BCUT2D eigenvalue weighted by Crippen LogP contribution is 2.42. The van der Waals surface area contributed by atoms with Crippen molar-refractivity contribution < 1.29 is 0 Å². The summed E-state index contributed by atoms with van der Waals surface area (Å²) in [4.78, 5) is 5.34. The van der Waals surface area contributed by atoms with Crippen LogP contribution in [0.15, 0.2) is 182 Å². The maximum atomic E-state index is 5.34. The third-order valence-corrected chi connectivity index (χ3v) is 11.5. The van der Waals surface area contributed by atoms with E-state index in [1.54, 1.807) is 0 Å². The van der Waals surface area contributed by atoms with E-state index in [9.17, 15) is 0 Å². The van der Waals surface area contributed by atoms with Crippen molar-refractivity contribution in [1.82, 2.24) is 9.55 Å².